The van der Waals surface area contributed by atoms with E-state index in [1.165, 1.54) is 10.9 Å². The summed E-state index contributed by atoms with van der Waals surface area (Å²) in [5.41, 5.74) is 2.96. The van der Waals surface area contributed by atoms with Crippen LogP contribution >= 0.6 is 7.60 Å². The quantitative estimate of drug-likeness (QED) is 0.133. The minimum atomic E-state index is -3.88. The number of hydrogen-bond donors (Lipinski definition) is 4. The fraction of sp³-hybridized carbons (Fsp3) is 0.320. The van der Waals surface area contributed by atoms with Crippen molar-refractivity contribution < 1.29 is 34.0 Å². The first-order valence-electron chi connectivity index (χ1n) is 12.0. The summed E-state index contributed by atoms with van der Waals surface area (Å²) in [7, 11) is -3.88. The number of imidazole rings is 1. The zero-order valence-electron chi connectivity index (χ0n) is 20.5. The second kappa shape index (κ2) is 11.3. The van der Waals surface area contributed by atoms with Gasteiger partial charge in [-0.25, -0.2) is 19.8 Å². The molecule has 5 rings (SSSR count). The zero-order valence-corrected chi connectivity index (χ0v) is 21.4. The van der Waals surface area contributed by atoms with Crippen LogP contribution in [0.1, 0.15) is 23.2 Å². The molecule has 12 nitrogen and oxygen atoms in total. The van der Waals surface area contributed by atoms with Gasteiger partial charge in [-0.2, -0.15) is 0 Å². The van der Waals surface area contributed by atoms with Crippen LogP contribution in [0.15, 0.2) is 67.0 Å². The highest BCUT2D eigenvalue weighted by Gasteiger charge is 2.45. The molecule has 4 N–H and O–H groups in total. The molecule has 0 saturated carbocycles. The van der Waals surface area contributed by atoms with E-state index < -0.39 is 32.1 Å². The number of aliphatic hydroxyl groups is 2. The lowest BCUT2D eigenvalue weighted by Gasteiger charge is -2.17. The number of aliphatic hydroxyl groups excluding tert-OH is 2. The highest BCUT2D eigenvalue weighted by atomic mass is 31.2. The molecule has 2 aromatic heterocycles. The molecule has 13 heteroatoms. The lowest BCUT2D eigenvalue weighted by atomic mass is 10.1. The molecule has 4 aromatic rings. The molecule has 0 aliphatic carbocycles. The molecule has 2 aromatic carbocycles. The van der Waals surface area contributed by atoms with Crippen LogP contribution in [0.2, 0.25) is 0 Å². The van der Waals surface area contributed by atoms with Gasteiger partial charge >= 0.3 is 7.60 Å². The predicted octanol–water partition coefficient (Wildman–Crippen LogP) is 2.41. The van der Waals surface area contributed by atoms with E-state index in [0.717, 1.165) is 17.8 Å². The molecule has 1 saturated heterocycles. The molecule has 0 amide bonds. The number of anilines is 1. The Kier molecular flexibility index (Phi) is 7.82. The summed E-state index contributed by atoms with van der Waals surface area (Å²) in [6.45, 7) is 1.10. The van der Waals surface area contributed by atoms with Gasteiger partial charge < -0.3 is 25.2 Å². The van der Waals surface area contributed by atoms with E-state index in [-0.39, 0.29) is 6.61 Å². The van der Waals surface area contributed by atoms with Gasteiger partial charge in [0.05, 0.1) is 6.33 Å². The fourth-order valence-corrected chi connectivity index (χ4v) is 4.46. The van der Waals surface area contributed by atoms with Crippen LogP contribution in [0.5, 0.6) is 0 Å². The van der Waals surface area contributed by atoms with Gasteiger partial charge in [-0.1, -0.05) is 60.7 Å². The van der Waals surface area contributed by atoms with Crippen molar-refractivity contribution >= 4 is 24.6 Å². The van der Waals surface area contributed by atoms with Gasteiger partial charge in [-0.3, -0.25) is 9.13 Å². The summed E-state index contributed by atoms with van der Waals surface area (Å²) in [5.74, 6) is 1.05. The third kappa shape index (κ3) is 6.08. The number of ether oxygens (including phenoxy) is 1. The summed E-state index contributed by atoms with van der Waals surface area (Å²) in [6, 6.07) is 19.6. The van der Waals surface area contributed by atoms with Gasteiger partial charge in [0.1, 0.15) is 30.7 Å². The maximum atomic E-state index is 11.3. The average molecular weight is 542 g/mol. The van der Waals surface area contributed by atoms with Crippen LogP contribution in [0.25, 0.3) is 11.2 Å². The number of fused-ring (bicyclic) bond motifs is 1. The molecule has 1 aliphatic rings. The van der Waals surface area contributed by atoms with Crippen LogP contribution in [0, 0.1) is 0 Å². The molecule has 3 heterocycles. The van der Waals surface area contributed by atoms with E-state index in [0.29, 0.717) is 35.8 Å². The molecular weight excluding hydrogens is 513 g/mol. The number of benzene rings is 2. The van der Waals surface area contributed by atoms with Crippen molar-refractivity contribution in [3.63, 3.8) is 0 Å². The molecule has 200 valence electrons. The van der Waals surface area contributed by atoms with E-state index in [1.807, 2.05) is 60.7 Å². The number of rotatable bonds is 10. The molecule has 0 radical (unpaired) electrons. The van der Waals surface area contributed by atoms with Gasteiger partial charge in [0.2, 0.25) is 0 Å². The number of aromatic nitrogens is 4. The van der Waals surface area contributed by atoms with Crippen LogP contribution < -0.4 is 5.32 Å². The molecule has 1 fully saturated rings. The SMILES string of the molecule is CP(=O)(O)OOC[C@H]1O[C@@H](n2cnc3c(NCc4ccccc4)nc(Cc4ccccc4)nc32)[C@H](O)[C@@H]1O. The minimum absolute atomic E-state index is 0.377. The van der Waals surface area contributed by atoms with E-state index in [4.69, 9.17) is 19.6 Å². The molecule has 0 bridgehead atoms. The van der Waals surface area contributed by atoms with Gasteiger partial charge in [-0.15, -0.1) is 4.67 Å². The van der Waals surface area contributed by atoms with E-state index in [2.05, 4.69) is 15.0 Å². The Morgan fingerprint density at radius 2 is 1.71 bits per heavy atom. The molecule has 1 aliphatic heterocycles. The summed E-state index contributed by atoms with van der Waals surface area (Å²) in [6.07, 6.45) is -2.85. The van der Waals surface area contributed by atoms with Crippen LogP contribution in [0.4, 0.5) is 5.82 Å². The first-order valence-corrected chi connectivity index (χ1v) is 14.0. The summed E-state index contributed by atoms with van der Waals surface area (Å²) in [5, 5.41) is 24.6. The second-order valence-electron chi connectivity index (χ2n) is 9.02. The Bertz CT molecular complexity index is 1420. The molecule has 5 atom stereocenters. The Morgan fingerprint density at radius 3 is 2.39 bits per heavy atom. The minimum Gasteiger partial charge on any atom is -0.387 e. The summed E-state index contributed by atoms with van der Waals surface area (Å²) >= 11 is 0. The Morgan fingerprint density at radius 1 is 1.03 bits per heavy atom. The lowest BCUT2D eigenvalue weighted by Crippen LogP contribution is -2.33. The number of hydrogen-bond acceptors (Lipinski definition) is 10. The summed E-state index contributed by atoms with van der Waals surface area (Å²) < 4.78 is 23.1. The monoisotopic (exact) mass is 541 g/mol. The van der Waals surface area contributed by atoms with Crippen molar-refractivity contribution in [2.24, 2.45) is 0 Å². The third-order valence-corrected chi connectivity index (χ3v) is 6.39. The Hall–Kier alpha value is -3.22. The first-order chi connectivity index (χ1) is 18.3. The molecular formula is C25H28N5O7P. The van der Waals surface area contributed by atoms with Crippen molar-refractivity contribution in [3.05, 3.63) is 83.9 Å². The van der Waals surface area contributed by atoms with E-state index in [9.17, 15) is 19.7 Å². The normalized spacial score (nSPS) is 22.9. The highest BCUT2D eigenvalue weighted by Crippen LogP contribution is 2.38. The maximum Gasteiger partial charge on any atom is 0.352 e. The van der Waals surface area contributed by atoms with Crippen LogP contribution in [-0.4, -0.2) is 66.2 Å². The predicted molar refractivity (Wildman–Crippen MR) is 137 cm³/mol. The van der Waals surface area contributed by atoms with Gasteiger partial charge in [0.15, 0.2) is 23.2 Å². The standard InChI is InChI=1S/C25H28N5O7P/c1-38(33,34)37-35-14-18-21(31)22(32)25(36-18)30-15-27-20-23(26-13-17-10-6-3-7-11-17)28-19(29-24(20)30)12-16-8-4-2-5-9-16/h2-11,15,18,21-22,25,31-32H,12-14H2,1H3,(H,33,34)(H,26,28,29)/t18-,21-,22-,25-/m1/s1. The van der Waals surface area contributed by atoms with Crippen molar-refractivity contribution in [2.45, 2.75) is 37.5 Å². The largest absolute Gasteiger partial charge is 0.387 e. The van der Waals surface area contributed by atoms with Crippen molar-refractivity contribution in [2.75, 3.05) is 18.6 Å². The van der Waals surface area contributed by atoms with Crippen molar-refractivity contribution in [3.8, 4) is 0 Å². The van der Waals surface area contributed by atoms with Crippen molar-refractivity contribution in [1.82, 2.24) is 19.5 Å². The number of nitrogens with one attached hydrogen (secondary N) is 1. The fourth-order valence-electron chi connectivity index (χ4n) is 4.20. The maximum absolute atomic E-state index is 11.3. The van der Waals surface area contributed by atoms with Gasteiger partial charge in [-0.05, 0) is 11.1 Å². The summed E-state index contributed by atoms with van der Waals surface area (Å²) in [4.78, 5) is 27.9. The second-order valence-corrected chi connectivity index (χ2v) is 10.8. The average Bonchev–Trinajstić information content (AvgIpc) is 3.44. The van der Waals surface area contributed by atoms with E-state index in [1.54, 1.807) is 0 Å². The first kappa shape index (κ1) is 26.4. The third-order valence-electron chi connectivity index (χ3n) is 6.01. The van der Waals surface area contributed by atoms with Crippen molar-refractivity contribution in [1.29, 1.82) is 0 Å². The molecule has 38 heavy (non-hydrogen) atoms. The van der Waals surface area contributed by atoms with Crippen LogP contribution in [0.3, 0.4) is 0 Å². The Balaban J connectivity index is 1.44. The van der Waals surface area contributed by atoms with Gasteiger partial charge in [0.25, 0.3) is 0 Å². The van der Waals surface area contributed by atoms with Crippen LogP contribution in [-0.2, 0) is 31.8 Å². The Labute approximate surface area is 218 Å². The zero-order chi connectivity index (χ0) is 26.7. The molecule has 1 unspecified atom stereocenters. The van der Waals surface area contributed by atoms with E-state index >= 15 is 0 Å². The lowest BCUT2D eigenvalue weighted by molar-refractivity contribution is -0.238. The number of nitrogens with zero attached hydrogens (tertiary/aromatic N) is 4. The van der Waals surface area contributed by atoms with Gasteiger partial charge in [0, 0.05) is 19.6 Å². The topological polar surface area (TPSA) is 161 Å². The smallest absolute Gasteiger partial charge is 0.352 e. The molecule has 0 spiro atoms. The highest BCUT2D eigenvalue weighted by molar-refractivity contribution is 7.51.